The molecule has 1 aromatic heterocycles. The van der Waals surface area contributed by atoms with Crippen LogP contribution in [0.3, 0.4) is 0 Å². The molecule has 0 spiro atoms. The van der Waals surface area contributed by atoms with Gasteiger partial charge >= 0.3 is 5.97 Å². The number of carbonyl (C=O) groups is 1. The molecule has 3 rings (SSSR count). The Morgan fingerprint density at radius 2 is 1.69 bits per heavy atom. The standard InChI is InChI=1S/C20H21N3O3/c1-4-25-15-11-9-14(10-12-15)21-19-18(20(24)26-13(2)3)22-16-7-5-6-8-17(16)23-19/h5-13H,4H2,1-3H3,(H,21,23). The fraction of sp³-hybridized carbons (Fsp3) is 0.250. The van der Waals surface area contributed by atoms with Crippen molar-refractivity contribution < 1.29 is 14.3 Å². The first-order valence-electron chi connectivity index (χ1n) is 8.54. The average molecular weight is 351 g/mol. The van der Waals surface area contributed by atoms with Crippen LogP contribution in [0.25, 0.3) is 11.0 Å². The number of esters is 1. The Morgan fingerprint density at radius 3 is 2.31 bits per heavy atom. The number of hydrogen-bond acceptors (Lipinski definition) is 6. The summed E-state index contributed by atoms with van der Waals surface area (Å²) in [5.74, 6) is 0.632. The van der Waals surface area contributed by atoms with Crippen LogP contribution in [0.5, 0.6) is 5.75 Å². The van der Waals surface area contributed by atoms with E-state index in [0.717, 1.165) is 11.4 Å². The van der Waals surface area contributed by atoms with E-state index < -0.39 is 5.97 Å². The number of anilines is 2. The van der Waals surface area contributed by atoms with Crippen LogP contribution >= 0.6 is 0 Å². The lowest BCUT2D eigenvalue weighted by molar-refractivity contribution is 0.0372. The Morgan fingerprint density at radius 1 is 1.04 bits per heavy atom. The summed E-state index contributed by atoms with van der Waals surface area (Å²) in [6.45, 7) is 6.13. The first-order chi connectivity index (χ1) is 12.6. The molecule has 0 saturated heterocycles. The maximum Gasteiger partial charge on any atom is 0.361 e. The van der Waals surface area contributed by atoms with Crippen LogP contribution in [0.15, 0.2) is 48.5 Å². The summed E-state index contributed by atoms with van der Waals surface area (Å²) in [5, 5.41) is 3.16. The van der Waals surface area contributed by atoms with Crippen molar-refractivity contribution in [3.8, 4) is 5.75 Å². The van der Waals surface area contributed by atoms with E-state index >= 15 is 0 Å². The van der Waals surface area contributed by atoms with Crippen molar-refractivity contribution >= 4 is 28.5 Å². The summed E-state index contributed by atoms with van der Waals surface area (Å²) in [5.41, 5.74) is 2.27. The highest BCUT2D eigenvalue weighted by Gasteiger charge is 2.19. The fourth-order valence-corrected chi connectivity index (χ4v) is 2.44. The third-order valence-corrected chi connectivity index (χ3v) is 3.53. The molecule has 0 fully saturated rings. The van der Waals surface area contributed by atoms with Crippen LogP contribution in [0.4, 0.5) is 11.5 Å². The lowest BCUT2D eigenvalue weighted by atomic mass is 10.2. The molecule has 6 heteroatoms. The third-order valence-electron chi connectivity index (χ3n) is 3.53. The topological polar surface area (TPSA) is 73.3 Å². The molecule has 3 aromatic rings. The van der Waals surface area contributed by atoms with Crippen LogP contribution in [0.2, 0.25) is 0 Å². The molecule has 1 heterocycles. The average Bonchev–Trinajstić information content (AvgIpc) is 2.62. The molecular formula is C20H21N3O3. The summed E-state index contributed by atoms with van der Waals surface area (Å²) < 4.78 is 10.8. The highest BCUT2D eigenvalue weighted by molar-refractivity contribution is 5.96. The lowest BCUT2D eigenvalue weighted by Crippen LogP contribution is -2.16. The van der Waals surface area contributed by atoms with Crippen molar-refractivity contribution in [1.82, 2.24) is 9.97 Å². The van der Waals surface area contributed by atoms with Gasteiger partial charge in [-0.2, -0.15) is 0 Å². The van der Waals surface area contributed by atoms with E-state index in [-0.39, 0.29) is 11.8 Å². The Kier molecular flexibility index (Phi) is 5.31. The van der Waals surface area contributed by atoms with Crippen LogP contribution < -0.4 is 10.1 Å². The molecule has 6 nitrogen and oxygen atoms in total. The largest absolute Gasteiger partial charge is 0.494 e. The zero-order valence-corrected chi connectivity index (χ0v) is 15.0. The second kappa shape index (κ2) is 7.82. The fourth-order valence-electron chi connectivity index (χ4n) is 2.44. The van der Waals surface area contributed by atoms with Crippen LogP contribution in [0, 0.1) is 0 Å². The van der Waals surface area contributed by atoms with Crippen LogP contribution in [-0.4, -0.2) is 28.6 Å². The molecule has 134 valence electrons. The number of rotatable bonds is 6. The Hall–Kier alpha value is -3.15. The number of para-hydroxylation sites is 2. The second-order valence-electron chi connectivity index (χ2n) is 5.95. The number of nitrogens with one attached hydrogen (secondary N) is 1. The van der Waals surface area contributed by atoms with Crippen molar-refractivity contribution in [1.29, 1.82) is 0 Å². The summed E-state index contributed by atoms with van der Waals surface area (Å²) in [4.78, 5) is 21.5. The van der Waals surface area contributed by atoms with Crippen LogP contribution in [0.1, 0.15) is 31.3 Å². The Bertz CT molecular complexity index is 908. The first kappa shape index (κ1) is 17.7. The normalized spacial score (nSPS) is 10.8. The minimum Gasteiger partial charge on any atom is -0.494 e. The molecule has 0 aliphatic carbocycles. The predicted octanol–water partition coefficient (Wildman–Crippen LogP) is 4.34. The summed E-state index contributed by atoms with van der Waals surface area (Å²) in [6.07, 6.45) is -0.242. The van der Waals surface area contributed by atoms with Gasteiger partial charge in [-0.25, -0.2) is 14.8 Å². The van der Waals surface area contributed by atoms with Crippen molar-refractivity contribution in [2.75, 3.05) is 11.9 Å². The maximum absolute atomic E-state index is 12.5. The smallest absolute Gasteiger partial charge is 0.361 e. The van der Waals surface area contributed by atoms with Gasteiger partial charge in [-0.1, -0.05) is 12.1 Å². The van der Waals surface area contributed by atoms with Crippen LogP contribution in [-0.2, 0) is 4.74 Å². The molecule has 0 aliphatic heterocycles. The van der Waals surface area contributed by atoms with Gasteiger partial charge in [0, 0.05) is 5.69 Å². The van der Waals surface area contributed by atoms with E-state index in [0.29, 0.717) is 23.5 Å². The molecule has 0 saturated carbocycles. The van der Waals surface area contributed by atoms with Gasteiger partial charge in [0.15, 0.2) is 11.5 Å². The number of nitrogens with zero attached hydrogens (tertiary/aromatic N) is 2. The summed E-state index contributed by atoms with van der Waals surface area (Å²) in [6, 6.07) is 14.8. The SMILES string of the molecule is CCOc1ccc(Nc2nc3ccccc3nc2C(=O)OC(C)C)cc1. The third kappa shape index (κ3) is 4.08. The monoisotopic (exact) mass is 351 g/mol. The van der Waals surface area contributed by atoms with E-state index in [1.807, 2.05) is 55.5 Å². The van der Waals surface area contributed by atoms with Gasteiger partial charge in [-0.3, -0.25) is 0 Å². The summed E-state index contributed by atoms with van der Waals surface area (Å²) >= 11 is 0. The molecule has 0 amide bonds. The van der Waals surface area contributed by atoms with Gasteiger partial charge < -0.3 is 14.8 Å². The second-order valence-corrected chi connectivity index (χ2v) is 5.95. The number of fused-ring (bicyclic) bond motifs is 1. The van der Waals surface area contributed by atoms with Crippen molar-refractivity contribution in [3.05, 3.63) is 54.2 Å². The predicted molar refractivity (Wildman–Crippen MR) is 101 cm³/mol. The highest BCUT2D eigenvalue weighted by atomic mass is 16.5. The minimum atomic E-state index is -0.508. The Labute approximate surface area is 152 Å². The van der Waals surface area contributed by atoms with Gasteiger partial charge in [0.1, 0.15) is 5.75 Å². The molecule has 26 heavy (non-hydrogen) atoms. The number of carbonyl (C=O) groups excluding carboxylic acids is 1. The van der Waals surface area contributed by atoms with E-state index in [1.165, 1.54) is 0 Å². The molecule has 2 aromatic carbocycles. The van der Waals surface area contributed by atoms with Crippen molar-refractivity contribution in [2.45, 2.75) is 26.9 Å². The van der Waals surface area contributed by atoms with E-state index in [4.69, 9.17) is 9.47 Å². The summed E-state index contributed by atoms with van der Waals surface area (Å²) in [7, 11) is 0. The zero-order valence-electron chi connectivity index (χ0n) is 15.0. The molecule has 0 atom stereocenters. The molecule has 0 radical (unpaired) electrons. The van der Waals surface area contributed by atoms with E-state index in [2.05, 4.69) is 15.3 Å². The zero-order chi connectivity index (χ0) is 18.5. The first-order valence-corrected chi connectivity index (χ1v) is 8.54. The quantitative estimate of drug-likeness (QED) is 0.666. The number of ether oxygens (including phenoxy) is 2. The van der Waals surface area contributed by atoms with Gasteiger partial charge in [-0.15, -0.1) is 0 Å². The lowest BCUT2D eigenvalue weighted by Gasteiger charge is -2.13. The van der Waals surface area contributed by atoms with Crippen molar-refractivity contribution in [2.24, 2.45) is 0 Å². The van der Waals surface area contributed by atoms with E-state index in [9.17, 15) is 4.79 Å². The van der Waals surface area contributed by atoms with Crippen molar-refractivity contribution in [3.63, 3.8) is 0 Å². The molecule has 1 N–H and O–H groups in total. The molecule has 0 aliphatic rings. The van der Waals surface area contributed by atoms with Gasteiger partial charge in [0.05, 0.1) is 23.7 Å². The Balaban J connectivity index is 1.97. The number of hydrogen-bond donors (Lipinski definition) is 1. The maximum atomic E-state index is 12.5. The molecule has 0 bridgehead atoms. The molecular weight excluding hydrogens is 330 g/mol. The van der Waals surface area contributed by atoms with Gasteiger partial charge in [-0.05, 0) is 57.2 Å². The number of benzene rings is 2. The highest BCUT2D eigenvalue weighted by Crippen LogP contribution is 2.24. The van der Waals surface area contributed by atoms with Gasteiger partial charge in [0.25, 0.3) is 0 Å². The van der Waals surface area contributed by atoms with E-state index in [1.54, 1.807) is 13.8 Å². The molecule has 0 unspecified atom stereocenters. The van der Waals surface area contributed by atoms with Gasteiger partial charge in [0.2, 0.25) is 0 Å². The minimum absolute atomic E-state index is 0.159. The number of aromatic nitrogens is 2.